The van der Waals surface area contributed by atoms with Crippen molar-refractivity contribution in [3.63, 3.8) is 0 Å². The Morgan fingerprint density at radius 1 is 0.333 bits per heavy atom. The fourth-order valence-corrected chi connectivity index (χ4v) is 7.43. The van der Waals surface area contributed by atoms with E-state index in [-0.39, 0.29) is 13.4 Å². The Kier molecular flexibility index (Phi) is 5.41. The lowest BCUT2D eigenvalue weighted by Crippen LogP contribution is -2.75. The normalized spacial score (nSPS) is 12.6. The standard InChI is InChI=1S/C32H20B2Br2/c35-29-19-7-11-21-9-5-17-27(31(21)29)33-23-13-1-2-14-24(23)34(26-16-4-3-15-25(26)33)28-18-6-10-22-12-8-20-30(36)32(22)28/h1-20H. The average Bonchev–Trinajstić information content (AvgIpc) is 2.91. The van der Waals surface area contributed by atoms with Crippen LogP contribution in [0.15, 0.2) is 130 Å². The molecular weight excluding hydrogens is 566 g/mol. The van der Waals surface area contributed by atoms with Gasteiger partial charge in [-0.05, 0) is 33.7 Å². The summed E-state index contributed by atoms with van der Waals surface area (Å²) in [5.41, 5.74) is 8.22. The first kappa shape index (κ1) is 22.2. The van der Waals surface area contributed by atoms with Gasteiger partial charge in [-0.3, -0.25) is 0 Å². The highest BCUT2D eigenvalue weighted by Crippen LogP contribution is 2.24. The fourth-order valence-electron chi connectivity index (χ4n) is 6.21. The second-order valence-electron chi connectivity index (χ2n) is 9.49. The van der Waals surface area contributed by atoms with Crippen LogP contribution in [-0.2, 0) is 0 Å². The van der Waals surface area contributed by atoms with Gasteiger partial charge >= 0.3 is 0 Å². The second-order valence-corrected chi connectivity index (χ2v) is 11.2. The minimum absolute atomic E-state index is 0.162. The molecular formula is C32H20B2Br2. The van der Waals surface area contributed by atoms with E-state index in [9.17, 15) is 0 Å². The maximum atomic E-state index is 3.87. The molecule has 0 aliphatic carbocycles. The molecule has 0 N–H and O–H groups in total. The largest absolute Gasteiger partial charge is 0.240 e. The molecule has 1 aliphatic heterocycles. The molecule has 4 heteroatoms. The molecule has 1 aliphatic rings. The first-order valence-corrected chi connectivity index (χ1v) is 13.8. The number of fused-ring (bicyclic) bond motifs is 4. The van der Waals surface area contributed by atoms with Gasteiger partial charge in [0.1, 0.15) is 0 Å². The van der Waals surface area contributed by atoms with E-state index >= 15 is 0 Å². The quantitative estimate of drug-likeness (QED) is 0.254. The molecule has 168 valence electrons. The van der Waals surface area contributed by atoms with Crippen molar-refractivity contribution < 1.29 is 0 Å². The molecule has 6 aromatic carbocycles. The average molecular weight is 586 g/mol. The number of benzene rings is 6. The minimum atomic E-state index is 0.162. The van der Waals surface area contributed by atoms with Crippen LogP contribution >= 0.6 is 31.9 Å². The lowest BCUT2D eigenvalue weighted by Gasteiger charge is -2.33. The van der Waals surface area contributed by atoms with E-state index in [0.717, 1.165) is 8.95 Å². The van der Waals surface area contributed by atoms with Crippen molar-refractivity contribution >= 4 is 99.6 Å². The van der Waals surface area contributed by atoms with Crippen molar-refractivity contribution in [3.05, 3.63) is 130 Å². The topological polar surface area (TPSA) is 0 Å². The fraction of sp³-hybridized carbons (Fsp3) is 0. The number of hydrogen-bond acceptors (Lipinski definition) is 0. The van der Waals surface area contributed by atoms with E-state index in [1.807, 2.05) is 0 Å². The van der Waals surface area contributed by atoms with Crippen molar-refractivity contribution in [1.29, 1.82) is 0 Å². The second kappa shape index (κ2) is 8.80. The van der Waals surface area contributed by atoms with Crippen LogP contribution < -0.4 is 32.8 Å². The van der Waals surface area contributed by atoms with E-state index in [2.05, 4.69) is 153 Å². The van der Waals surface area contributed by atoms with Crippen molar-refractivity contribution in [2.75, 3.05) is 0 Å². The number of rotatable bonds is 2. The molecule has 0 unspecified atom stereocenters. The molecule has 0 aromatic heterocycles. The molecule has 0 saturated carbocycles. The Labute approximate surface area is 228 Å². The minimum Gasteiger partial charge on any atom is -0.0733 e. The first-order chi connectivity index (χ1) is 17.7. The van der Waals surface area contributed by atoms with Crippen molar-refractivity contribution in [2.45, 2.75) is 0 Å². The third-order valence-corrected chi connectivity index (χ3v) is 8.95. The zero-order chi connectivity index (χ0) is 24.2. The third kappa shape index (κ3) is 3.35. The smallest absolute Gasteiger partial charge is 0.0733 e. The molecule has 0 atom stereocenters. The molecule has 0 spiro atoms. The van der Waals surface area contributed by atoms with Gasteiger partial charge in [0.15, 0.2) is 0 Å². The van der Waals surface area contributed by atoms with E-state index in [4.69, 9.17) is 0 Å². The summed E-state index contributed by atoms with van der Waals surface area (Å²) in [5, 5.41) is 5.11. The monoisotopic (exact) mass is 584 g/mol. The van der Waals surface area contributed by atoms with Gasteiger partial charge in [-0.15, -0.1) is 0 Å². The molecule has 0 radical (unpaired) electrons. The van der Waals surface area contributed by atoms with Gasteiger partial charge in [0, 0.05) is 8.95 Å². The Morgan fingerprint density at radius 3 is 1.00 bits per heavy atom. The summed E-state index contributed by atoms with van der Waals surface area (Å²) in [6, 6.07) is 44.5. The predicted octanol–water partition coefficient (Wildman–Crippen LogP) is 4.86. The molecule has 0 bridgehead atoms. The molecule has 0 saturated heterocycles. The van der Waals surface area contributed by atoms with Gasteiger partial charge in [0.2, 0.25) is 13.4 Å². The summed E-state index contributed by atoms with van der Waals surface area (Å²) in [4.78, 5) is 0. The van der Waals surface area contributed by atoms with E-state index in [0.29, 0.717) is 0 Å². The highest BCUT2D eigenvalue weighted by Gasteiger charge is 2.39. The zero-order valence-electron chi connectivity index (χ0n) is 19.5. The molecule has 1 heterocycles. The van der Waals surface area contributed by atoms with Crippen LogP contribution in [0.25, 0.3) is 21.5 Å². The van der Waals surface area contributed by atoms with Crippen molar-refractivity contribution in [2.24, 2.45) is 0 Å². The number of halogens is 2. The van der Waals surface area contributed by atoms with Crippen LogP contribution in [0.5, 0.6) is 0 Å². The maximum absolute atomic E-state index is 3.87. The van der Waals surface area contributed by atoms with E-state index < -0.39 is 0 Å². The first-order valence-electron chi connectivity index (χ1n) is 12.2. The molecule has 0 amide bonds. The Bertz CT molecular complexity index is 1600. The van der Waals surface area contributed by atoms with Crippen LogP contribution in [0.2, 0.25) is 0 Å². The molecule has 7 rings (SSSR count). The Morgan fingerprint density at radius 2 is 0.639 bits per heavy atom. The molecule has 0 nitrogen and oxygen atoms in total. The number of hydrogen-bond donors (Lipinski definition) is 0. The third-order valence-electron chi connectivity index (χ3n) is 7.63. The van der Waals surface area contributed by atoms with Gasteiger partial charge in [-0.2, -0.15) is 0 Å². The zero-order valence-corrected chi connectivity index (χ0v) is 22.6. The Hall–Kier alpha value is -3.07. The van der Waals surface area contributed by atoms with Gasteiger partial charge in [-0.1, -0.05) is 174 Å². The van der Waals surface area contributed by atoms with E-state index in [1.54, 1.807) is 0 Å². The summed E-state index contributed by atoms with van der Waals surface area (Å²) in [5.74, 6) is 0. The highest BCUT2D eigenvalue weighted by molar-refractivity contribution is 9.11. The van der Waals surface area contributed by atoms with Crippen LogP contribution in [0, 0.1) is 0 Å². The summed E-state index contributed by atoms with van der Waals surface area (Å²) in [6.07, 6.45) is 0. The summed E-state index contributed by atoms with van der Waals surface area (Å²) >= 11 is 7.75. The summed E-state index contributed by atoms with van der Waals surface area (Å²) < 4.78 is 2.29. The van der Waals surface area contributed by atoms with E-state index in [1.165, 1.54) is 54.3 Å². The molecule has 36 heavy (non-hydrogen) atoms. The predicted molar refractivity (Wildman–Crippen MR) is 165 cm³/mol. The van der Waals surface area contributed by atoms with Crippen LogP contribution in [0.1, 0.15) is 0 Å². The van der Waals surface area contributed by atoms with Crippen LogP contribution in [0.4, 0.5) is 0 Å². The molecule has 0 fully saturated rings. The summed E-state index contributed by atoms with van der Waals surface area (Å²) in [7, 11) is 0. The summed E-state index contributed by atoms with van der Waals surface area (Å²) in [6.45, 7) is 0.323. The van der Waals surface area contributed by atoms with Crippen molar-refractivity contribution in [3.8, 4) is 0 Å². The maximum Gasteiger partial charge on any atom is 0.240 e. The van der Waals surface area contributed by atoms with Gasteiger partial charge in [0.25, 0.3) is 0 Å². The SMILES string of the molecule is Brc1cccc2cccc(B3c4ccccc4B(c4cccc5cccc(Br)c45)c4ccccc43)c12. The van der Waals surface area contributed by atoms with Gasteiger partial charge < -0.3 is 0 Å². The Balaban J connectivity index is 1.57. The van der Waals surface area contributed by atoms with Crippen LogP contribution in [-0.4, -0.2) is 13.4 Å². The highest BCUT2D eigenvalue weighted by atomic mass is 79.9. The van der Waals surface area contributed by atoms with Gasteiger partial charge in [-0.25, -0.2) is 0 Å². The van der Waals surface area contributed by atoms with Gasteiger partial charge in [0.05, 0.1) is 0 Å². The lowest BCUT2D eigenvalue weighted by atomic mass is 9.21. The lowest BCUT2D eigenvalue weighted by molar-refractivity contribution is 1.70. The van der Waals surface area contributed by atoms with Crippen LogP contribution in [0.3, 0.4) is 0 Å². The van der Waals surface area contributed by atoms with Crippen molar-refractivity contribution in [1.82, 2.24) is 0 Å². The molecule has 6 aromatic rings.